The lowest BCUT2D eigenvalue weighted by Gasteiger charge is -1.89. The van der Waals surface area contributed by atoms with Gasteiger partial charge in [0.05, 0.1) is 6.61 Å². The fourth-order valence-corrected chi connectivity index (χ4v) is 0.142. The Labute approximate surface area is 86.1 Å². The molecule has 0 bridgehead atoms. The minimum atomic E-state index is -1.33. The van der Waals surface area contributed by atoms with Gasteiger partial charge in [0.25, 0.3) is 0 Å². The number of carboxylic acids is 1. The van der Waals surface area contributed by atoms with Gasteiger partial charge in [-0.25, -0.2) is 14.4 Å². The lowest BCUT2D eigenvalue weighted by molar-refractivity contribution is -0.131. The van der Waals surface area contributed by atoms with Crippen molar-refractivity contribution < 1.29 is 29.3 Å². The SMILES string of the molecule is C=CC(=O)O.CCOC(N)=O.NC(=O)O. The van der Waals surface area contributed by atoms with Gasteiger partial charge in [-0.2, -0.15) is 0 Å². The van der Waals surface area contributed by atoms with Crippen LogP contribution in [0, 0.1) is 0 Å². The zero-order chi connectivity index (χ0) is 12.9. The van der Waals surface area contributed by atoms with Crippen molar-refractivity contribution in [2.75, 3.05) is 6.61 Å². The van der Waals surface area contributed by atoms with Gasteiger partial charge in [-0.1, -0.05) is 6.58 Å². The number of primary amides is 2. The summed E-state index contributed by atoms with van der Waals surface area (Å²) < 4.78 is 4.18. The first-order chi connectivity index (χ1) is 6.77. The topological polar surface area (TPSA) is 153 Å². The maximum atomic E-state index is 9.60. The normalized spacial score (nSPS) is 6.73. The fourth-order valence-electron chi connectivity index (χ4n) is 0.142. The summed E-state index contributed by atoms with van der Waals surface area (Å²) in [7, 11) is 0. The number of carbonyl (C=O) groups is 3. The van der Waals surface area contributed by atoms with Gasteiger partial charge >= 0.3 is 18.2 Å². The van der Waals surface area contributed by atoms with E-state index in [1.54, 1.807) is 6.92 Å². The molecule has 0 fully saturated rings. The minimum absolute atomic E-state index is 0.356. The number of nitrogens with two attached hydrogens (primary N) is 2. The van der Waals surface area contributed by atoms with E-state index in [-0.39, 0.29) is 0 Å². The van der Waals surface area contributed by atoms with Crippen LogP contribution in [0.4, 0.5) is 9.59 Å². The highest BCUT2D eigenvalue weighted by molar-refractivity contribution is 5.78. The van der Waals surface area contributed by atoms with Crippen LogP contribution >= 0.6 is 0 Å². The lowest BCUT2D eigenvalue weighted by atomic mass is 10.7. The second-order valence-electron chi connectivity index (χ2n) is 1.63. The Balaban J connectivity index is -0.000000147. The molecule has 8 heteroatoms. The molecule has 0 aliphatic heterocycles. The first-order valence-corrected chi connectivity index (χ1v) is 3.53. The third kappa shape index (κ3) is 148. The second-order valence-corrected chi connectivity index (χ2v) is 1.63. The summed E-state index contributed by atoms with van der Waals surface area (Å²) in [5, 5.41) is 14.8. The molecule has 2 amide bonds. The van der Waals surface area contributed by atoms with Crippen LogP contribution in [-0.4, -0.2) is 35.0 Å². The molecule has 0 saturated carbocycles. The molecular formula is C7H14N2O6. The Bertz CT molecular complexity index is 212. The molecule has 6 N–H and O–H groups in total. The van der Waals surface area contributed by atoms with Crippen LogP contribution in [0.1, 0.15) is 6.92 Å². The number of hydrogen-bond donors (Lipinski definition) is 4. The summed E-state index contributed by atoms with van der Waals surface area (Å²) in [6.07, 6.45) is -1.21. The van der Waals surface area contributed by atoms with Gasteiger partial charge in [-0.3, -0.25) is 0 Å². The van der Waals surface area contributed by atoms with Gasteiger partial charge < -0.3 is 26.4 Å². The number of hydrogen-bond acceptors (Lipinski definition) is 4. The van der Waals surface area contributed by atoms with Crippen molar-refractivity contribution in [1.29, 1.82) is 0 Å². The summed E-state index contributed by atoms with van der Waals surface area (Å²) >= 11 is 0. The Kier molecular flexibility index (Phi) is 17.6. The van der Waals surface area contributed by atoms with Gasteiger partial charge in [-0.05, 0) is 6.92 Å². The van der Waals surface area contributed by atoms with Crippen molar-refractivity contribution in [3.8, 4) is 0 Å². The van der Waals surface area contributed by atoms with Gasteiger partial charge in [0.2, 0.25) is 0 Å². The van der Waals surface area contributed by atoms with Crippen LogP contribution in [0.3, 0.4) is 0 Å². The van der Waals surface area contributed by atoms with Crippen molar-refractivity contribution in [3.63, 3.8) is 0 Å². The van der Waals surface area contributed by atoms with Crippen LogP contribution in [0.15, 0.2) is 12.7 Å². The average Bonchev–Trinajstić information content (AvgIpc) is 2.03. The van der Waals surface area contributed by atoms with Gasteiger partial charge in [-0.15, -0.1) is 0 Å². The van der Waals surface area contributed by atoms with E-state index in [2.05, 4.69) is 22.8 Å². The molecule has 0 atom stereocenters. The molecule has 0 radical (unpaired) electrons. The van der Waals surface area contributed by atoms with Gasteiger partial charge in [0, 0.05) is 6.08 Å². The molecule has 15 heavy (non-hydrogen) atoms. The van der Waals surface area contributed by atoms with Crippen LogP contribution in [0.25, 0.3) is 0 Å². The first-order valence-electron chi connectivity index (χ1n) is 3.53. The van der Waals surface area contributed by atoms with E-state index in [4.69, 9.17) is 15.0 Å². The van der Waals surface area contributed by atoms with Crippen molar-refractivity contribution in [1.82, 2.24) is 0 Å². The van der Waals surface area contributed by atoms with Crippen LogP contribution in [0.5, 0.6) is 0 Å². The standard InChI is InChI=1S/C3H7NO2.C3H4O2.CH3NO2/c1-2-6-3(4)5;1-2-3(4)5;2-1(3)4/h2H2,1H3,(H2,4,5);2H,1H2,(H,4,5);2H2,(H,3,4). The molecule has 0 rings (SSSR count). The Morgan fingerprint density at radius 1 is 1.33 bits per heavy atom. The first kappa shape index (κ1) is 18.5. The predicted octanol–water partition coefficient (Wildman–Crippen LogP) is -0.0183. The molecule has 0 aromatic rings. The fraction of sp³-hybridized carbons (Fsp3) is 0.286. The molecule has 0 spiro atoms. The monoisotopic (exact) mass is 222 g/mol. The van der Waals surface area contributed by atoms with E-state index >= 15 is 0 Å². The van der Waals surface area contributed by atoms with Gasteiger partial charge in [0.1, 0.15) is 0 Å². The maximum Gasteiger partial charge on any atom is 0.404 e. The summed E-state index contributed by atoms with van der Waals surface area (Å²) in [4.78, 5) is 27.6. The zero-order valence-corrected chi connectivity index (χ0v) is 8.17. The second kappa shape index (κ2) is 14.3. The van der Waals surface area contributed by atoms with E-state index in [1.165, 1.54) is 0 Å². The summed E-state index contributed by atoms with van der Waals surface area (Å²) in [5.41, 5.74) is 8.57. The quantitative estimate of drug-likeness (QED) is 0.481. The Morgan fingerprint density at radius 3 is 1.60 bits per heavy atom. The molecule has 0 saturated heterocycles. The number of aliphatic carboxylic acids is 1. The smallest absolute Gasteiger partial charge is 0.404 e. The van der Waals surface area contributed by atoms with Crippen LogP contribution < -0.4 is 11.5 Å². The molecule has 0 aromatic carbocycles. The summed E-state index contributed by atoms with van der Waals surface area (Å²) in [6, 6.07) is 0. The lowest BCUT2D eigenvalue weighted by Crippen LogP contribution is -2.11. The average molecular weight is 222 g/mol. The van der Waals surface area contributed by atoms with Crippen molar-refractivity contribution in [3.05, 3.63) is 12.7 Å². The summed E-state index contributed by atoms with van der Waals surface area (Å²) in [5.74, 6) is -0.981. The molecule has 88 valence electrons. The molecule has 0 heterocycles. The number of rotatable bonds is 2. The van der Waals surface area contributed by atoms with Gasteiger partial charge in [0.15, 0.2) is 0 Å². The molecule has 0 unspecified atom stereocenters. The van der Waals surface area contributed by atoms with Crippen molar-refractivity contribution >= 4 is 18.2 Å². The molecule has 0 aromatic heterocycles. The van der Waals surface area contributed by atoms with Crippen molar-refractivity contribution in [2.45, 2.75) is 6.92 Å². The van der Waals surface area contributed by atoms with E-state index < -0.39 is 18.2 Å². The molecule has 0 aliphatic carbocycles. The molecule has 8 nitrogen and oxygen atoms in total. The van der Waals surface area contributed by atoms with Crippen LogP contribution in [-0.2, 0) is 9.53 Å². The van der Waals surface area contributed by atoms with E-state index in [0.29, 0.717) is 6.61 Å². The Morgan fingerprint density at radius 2 is 1.60 bits per heavy atom. The van der Waals surface area contributed by atoms with E-state index in [1.807, 2.05) is 0 Å². The number of amides is 2. The molecular weight excluding hydrogens is 208 g/mol. The molecule has 0 aliphatic rings. The van der Waals surface area contributed by atoms with Crippen LogP contribution in [0.2, 0.25) is 0 Å². The third-order valence-electron chi connectivity index (χ3n) is 0.461. The van der Waals surface area contributed by atoms with E-state index in [9.17, 15) is 9.59 Å². The number of carboxylic acid groups (broad SMARTS) is 2. The highest BCUT2D eigenvalue weighted by Crippen LogP contribution is 1.66. The largest absolute Gasteiger partial charge is 0.478 e. The third-order valence-corrected chi connectivity index (χ3v) is 0.461. The number of ether oxygens (including phenoxy) is 1. The van der Waals surface area contributed by atoms with Crippen molar-refractivity contribution in [2.24, 2.45) is 11.5 Å². The van der Waals surface area contributed by atoms with E-state index in [0.717, 1.165) is 6.08 Å². The number of carbonyl (C=O) groups excluding carboxylic acids is 1. The highest BCUT2D eigenvalue weighted by Gasteiger charge is 1.82. The zero-order valence-electron chi connectivity index (χ0n) is 8.17. The Hall–Kier alpha value is -2.25. The highest BCUT2D eigenvalue weighted by atomic mass is 16.5. The predicted molar refractivity (Wildman–Crippen MR) is 51.3 cm³/mol. The minimum Gasteiger partial charge on any atom is -0.478 e. The summed E-state index contributed by atoms with van der Waals surface area (Å²) in [6.45, 7) is 5.02. The maximum absolute atomic E-state index is 9.60.